The second-order valence-electron chi connectivity index (χ2n) is 3.77. The normalized spacial score (nSPS) is 28.1. The molecule has 16 heavy (non-hydrogen) atoms. The van der Waals surface area contributed by atoms with Gasteiger partial charge in [0.25, 0.3) is 10.2 Å². The Morgan fingerprint density at radius 2 is 2.38 bits per heavy atom. The largest absolute Gasteiger partial charge is 0.393 e. The van der Waals surface area contributed by atoms with Gasteiger partial charge in [0.15, 0.2) is 0 Å². The smallest absolute Gasteiger partial charge is 0.277 e. The predicted octanol–water partition coefficient (Wildman–Crippen LogP) is -0.624. The molecular formula is C8H13N3O4S. The summed E-state index contributed by atoms with van der Waals surface area (Å²) in [4.78, 5) is 0. The van der Waals surface area contributed by atoms with Crippen molar-refractivity contribution in [1.29, 1.82) is 0 Å². The Labute approximate surface area is 93.0 Å². The number of rotatable bonds is 2. The number of aliphatic hydroxyl groups is 1. The Bertz CT molecular complexity index is 444. The van der Waals surface area contributed by atoms with Gasteiger partial charge in [-0.25, -0.2) is 5.14 Å². The summed E-state index contributed by atoms with van der Waals surface area (Å²) in [6.45, 7) is 0.192. The molecule has 7 nitrogen and oxygen atoms in total. The fourth-order valence-electron chi connectivity index (χ4n) is 1.89. The highest BCUT2D eigenvalue weighted by atomic mass is 32.2. The Hall–Kier alpha value is -0.960. The highest BCUT2D eigenvalue weighted by Crippen LogP contribution is 2.31. The van der Waals surface area contributed by atoms with Crippen molar-refractivity contribution >= 4 is 10.2 Å². The highest BCUT2D eigenvalue weighted by Gasteiger charge is 2.35. The fourth-order valence-corrected chi connectivity index (χ4v) is 2.80. The molecule has 0 spiro atoms. The molecule has 2 atom stereocenters. The van der Waals surface area contributed by atoms with E-state index in [-0.39, 0.29) is 13.0 Å². The molecular weight excluding hydrogens is 234 g/mol. The first-order chi connectivity index (χ1) is 7.48. The molecule has 3 N–H and O–H groups in total. The van der Waals surface area contributed by atoms with Crippen molar-refractivity contribution < 1.29 is 18.0 Å². The number of aromatic nitrogens is 1. The van der Waals surface area contributed by atoms with Crippen molar-refractivity contribution in [3.05, 3.63) is 18.0 Å². The maximum atomic E-state index is 11.4. The quantitative estimate of drug-likeness (QED) is 0.723. The molecule has 90 valence electrons. The molecule has 2 rings (SSSR count). The Morgan fingerprint density at radius 1 is 1.62 bits per heavy atom. The van der Waals surface area contributed by atoms with Crippen molar-refractivity contribution in [3.8, 4) is 0 Å². The summed E-state index contributed by atoms with van der Waals surface area (Å²) >= 11 is 0. The Kier molecular flexibility index (Phi) is 2.98. The van der Waals surface area contributed by atoms with Gasteiger partial charge in [0.05, 0.1) is 12.1 Å². The lowest BCUT2D eigenvalue weighted by Crippen LogP contribution is -2.45. The third-order valence-corrected chi connectivity index (χ3v) is 3.74. The zero-order valence-electron chi connectivity index (χ0n) is 8.48. The summed E-state index contributed by atoms with van der Waals surface area (Å²) in [5, 5.41) is 18.3. The van der Waals surface area contributed by atoms with Gasteiger partial charge in [0.2, 0.25) is 0 Å². The number of hydrogen-bond acceptors (Lipinski definition) is 5. The van der Waals surface area contributed by atoms with E-state index in [9.17, 15) is 13.5 Å². The molecule has 1 fully saturated rings. The molecule has 0 aliphatic carbocycles. The maximum Gasteiger partial charge on any atom is 0.277 e. The van der Waals surface area contributed by atoms with Gasteiger partial charge >= 0.3 is 0 Å². The monoisotopic (exact) mass is 247 g/mol. The van der Waals surface area contributed by atoms with E-state index in [2.05, 4.69) is 9.68 Å². The molecule has 0 amide bonds. The van der Waals surface area contributed by atoms with Crippen LogP contribution in [0.1, 0.15) is 24.6 Å². The first-order valence-electron chi connectivity index (χ1n) is 4.86. The Balaban J connectivity index is 2.30. The number of hydrogen-bond donors (Lipinski definition) is 2. The van der Waals surface area contributed by atoms with Crippen molar-refractivity contribution in [3.63, 3.8) is 0 Å². The first-order valence-corrected chi connectivity index (χ1v) is 6.36. The van der Waals surface area contributed by atoms with Crippen LogP contribution in [0.25, 0.3) is 0 Å². The molecule has 0 saturated carbocycles. The van der Waals surface area contributed by atoms with Crippen LogP contribution in [-0.4, -0.2) is 35.6 Å². The van der Waals surface area contributed by atoms with Crippen molar-refractivity contribution in [2.45, 2.75) is 25.0 Å². The van der Waals surface area contributed by atoms with Gasteiger partial charge in [-0.2, -0.15) is 12.7 Å². The van der Waals surface area contributed by atoms with Crippen LogP contribution in [0.4, 0.5) is 0 Å². The number of piperidine rings is 1. The van der Waals surface area contributed by atoms with Gasteiger partial charge in [-0.15, -0.1) is 0 Å². The minimum absolute atomic E-state index is 0.192. The van der Waals surface area contributed by atoms with Gasteiger partial charge in [0, 0.05) is 12.6 Å². The lowest BCUT2D eigenvalue weighted by atomic mass is 10.00. The minimum atomic E-state index is -3.78. The maximum absolute atomic E-state index is 11.4. The summed E-state index contributed by atoms with van der Waals surface area (Å²) in [6, 6.07) is 1.03. The molecule has 0 aromatic carbocycles. The van der Waals surface area contributed by atoms with Crippen molar-refractivity contribution in [2.24, 2.45) is 5.14 Å². The van der Waals surface area contributed by atoms with Crippen LogP contribution in [-0.2, 0) is 10.2 Å². The van der Waals surface area contributed by atoms with Crippen LogP contribution < -0.4 is 5.14 Å². The van der Waals surface area contributed by atoms with Crippen LogP contribution in [0.2, 0.25) is 0 Å². The van der Waals surface area contributed by atoms with E-state index < -0.39 is 22.4 Å². The summed E-state index contributed by atoms with van der Waals surface area (Å²) in [5.74, 6) is 0. The number of aliphatic hydroxyl groups excluding tert-OH is 1. The molecule has 8 heteroatoms. The van der Waals surface area contributed by atoms with Gasteiger partial charge in [0.1, 0.15) is 12.0 Å². The first kappa shape index (κ1) is 11.5. The van der Waals surface area contributed by atoms with E-state index in [1.807, 2.05) is 0 Å². The lowest BCUT2D eigenvalue weighted by Gasteiger charge is -2.34. The molecule has 1 aliphatic heterocycles. The van der Waals surface area contributed by atoms with Gasteiger partial charge in [-0.3, -0.25) is 0 Å². The van der Waals surface area contributed by atoms with Crippen LogP contribution >= 0.6 is 0 Å². The summed E-state index contributed by atoms with van der Waals surface area (Å²) in [7, 11) is -3.78. The predicted molar refractivity (Wildman–Crippen MR) is 54.3 cm³/mol. The highest BCUT2D eigenvalue weighted by molar-refractivity contribution is 7.86. The lowest BCUT2D eigenvalue weighted by molar-refractivity contribution is 0.0784. The van der Waals surface area contributed by atoms with E-state index in [1.54, 1.807) is 6.07 Å². The Morgan fingerprint density at radius 3 is 2.94 bits per heavy atom. The molecule has 2 unspecified atom stereocenters. The number of nitrogens with zero attached hydrogens (tertiary/aromatic N) is 2. The van der Waals surface area contributed by atoms with Crippen LogP contribution in [0.3, 0.4) is 0 Å². The van der Waals surface area contributed by atoms with E-state index in [0.717, 1.165) is 4.31 Å². The fraction of sp³-hybridized carbons (Fsp3) is 0.625. The summed E-state index contributed by atoms with van der Waals surface area (Å²) in [5.41, 5.74) is 0.466. The molecule has 1 aromatic rings. The van der Waals surface area contributed by atoms with E-state index >= 15 is 0 Å². The minimum Gasteiger partial charge on any atom is -0.393 e. The van der Waals surface area contributed by atoms with E-state index in [4.69, 9.17) is 5.14 Å². The van der Waals surface area contributed by atoms with Gasteiger partial charge in [-0.05, 0) is 12.8 Å². The van der Waals surface area contributed by atoms with Crippen LogP contribution in [0.15, 0.2) is 16.9 Å². The SMILES string of the molecule is NS(=O)(=O)N1CCC(O)CC1c1ccon1. The van der Waals surface area contributed by atoms with E-state index in [0.29, 0.717) is 12.1 Å². The van der Waals surface area contributed by atoms with Crippen LogP contribution in [0, 0.1) is 0 Å². The molecule has 1 aliphatic rings. The van der Waals surface area contributed by atoms with Crippen molar-refractivity contribution in [1.82, 2.24) is 9.46 Å². The van der Waals surface area contributed by atoms with Crippen LogP contribution in [0.5, 0.6) is 0 Å². The second kappa shape index (κ2) is 4.13. The summed E-state index contributed by atoms with van der Waals surface area (Å²) < 4.78 is 28.5. The molecule has 2 heterocycles. The average molecular weight is 247 g/mol. The molecule has 0 bridgehead atoms. The standard InChI is InChI=1S/C8H13N3O4S/c9-16(13,14)11-3-1-6(12)5-8(11)7-2-4-15-10-7/h2,4,6,8,12H,1,3,5H2,(H2,9,13,14). The third kappa shape index (κ3) is 2.24. The number of nitrogens with two attached hydrogens (primary N) is 1. The second-order valence-corrected chi connectivity index (χ2v) is 5.27. The van der Waals surface area contributed by atoms with Crippen molar-refractivity contribution in [2.75, 3.05) is 6.54 Å². The zero-order valence-corrected chi connectivity index (χ0v) is 9.30. The van der Waals surface area contributed by atoms with Gasteiger partial charge < -0.3 is 9.63 Å². The topological polar surface area (TPSA) is 110 Å². The molecule has 1 saturated heterocycles. The molecule has 0 radical (unpaired) electrons. The third-order valence-electron chi connectivity index (χ3n) is 2.65. The van der Waals surface area contributed by atoms with E-state index in [1.165, 1.54) is 6.26 Å². The summed E-state index contributed by atoms with van der Waals surface area (Å²) in [6.07, 6.45) is 1.48. The average Bonchev–Trinajstić information content (AvgIpc) is 2.68. The molecule has 1 aromatic heterocycles. The zero-order chi connectivity index (χ0) is 11.8. The van der Waals surface area contributed by atoms with Gasteiger partial charge in [-0.1, -0.05) is 5.16 Å².